The molecule has 2 aromatic carbocycles. The summed E-state index contributed by atoms with van der Waals surface area (Å²) >= 11 is 0. The quantitative estimate of drug-likeness (QED) is 0.750. The van der Waals surface area contributed by atoms with Crippen LogP contribution in [0.4, 0.5) is 0 Å². The molecule has 0 aliphatic carbocycles. The Hall–Kier alpha value is -1.84. The highest BCUT2D eigenvalue weighted by atomic mass is 35.5. The van der Waals surface area contributed by atoms with Crippen molar-refractivity contribution < 1.29 is 9.53 Å². The first kappa shape index (κ1) is 19.5. The molecule has 0 N–H and O–H groups in total. The van der Waals surface area contributed by atoms with E-state index in [-0.39, 0.29) is 24.5 Å². The number of benzene rings is 2. The zero-order valence-corrected chi connectivity index (χ0v) is 15.7. The highest BCUT2D eigenvalue weighted by Crippen LogP contribution is 2.19. The third kappa shape index (κ3) is 5.32. The average molecular weight is 360 g/mol. The zero-order chi connectivity index (χ0) is 16.9. The van der Waals surface area contributed by atoms with Crippen LogP contribution in [0, 0.1) is 13.8 Å². The van der Waals surface area contributed by atoms with Gasteiger partial charge in [0.05, 0.1) is 5.56 Å². The van der Waals surface area contributed by atoms with Gasteiger partial charge in [-0.3, -0.25) is 4.90 Å². The van der Waals surface area contributed by atoms with Crippen LogP contribution in [0.1, 0.15) is 39.9 Å². The first-order valence-electron chi connectivity index (χ1n) is 8.66. The van der Waals surface area contributed by atoms with Gasteiger partial charge in [-0.1, -0.05) is 48.0 Å². The molecule has 1 saturated heterocycles. The van der Waals surface area contributed by atoms with Crippen molar-refractivity contribution in [2.75, 3.05) is 13.1 Å². The van der Waals surface area contributed by atoms with Crippen LogP contribution >= 0.6 is 12.4 Å². The Kier molecular flexibility index (Phi) is 7.03. The van der Waals surface area contributed by atoms with E-state index in [1.165, 1.54) is 11.1 Å². The topological polar surface area (TPSA) is 29.5 Å². The Morgan fingerprint density at radius 1 is 1.08 bits per heavy atom. The van der Waals surface area contributed by atoms with Crippen LogP contribution in [0.15, 0.2) is 48.5 Å². The molecule has 2 aromatic rings. The monoisotopic (exact) mass is 359 g/mol. The highest BCUT2D eigenvalue weighted by molar-refractivity contribution is 5.91. The summed E-state index contributed by atoms with van der Waals surface area (Å²) in [6, 6.07) is 16.4. The van der Waals surface area contributed by atoms with Gasteiger partial charge in [-0.15, -0.1) is 12.4 Å². The lowest BCUT2D eigenvalue weighted by molar-refractivity contribution is 0.0103. The Balaban J connectivity index is 0.00000225. The largest absolute Gasteiger partial charge is 0.459 e. The molecule has 25 heavy (non-hydrogen) atoms. The molecule has 0 aromatic heterocycles. The predicted octanol–water partition coefficient (Wildman–Crippen LogP) is 4.55. The molecule has 0 bridgehead atoms. The van der Waals surface area contributed by atoms with E-state index in [1.807, 2.05) is 38.1 Å². The Bertz CT molecular complexity index is 694. The van der Waals surface area contributed by atoms with Gasteiger partial charge in [-0.2, -0.15) is 0 Å². The van der Waals surface area contributed by atoms with Crippen LogP contribution < -0.4 is 0 Å². The van der Waals surface area contributed by atoms with Gasteiger partial charge in [0.15, 0.2) is 0 Å². The molecule has 0 unspecified atom stereocenters. The molecular weight excluding hydrogens is 334 g/mol. The SMILES string of the molecule is Cc1ccc(C(=O)OC2CCN(Cc3ccccc3)CC2)c(C)c1.Cl. The molecule has 0 saturated carbocycles. The first-order valence-corrected chi connectivity index (χ1v) is 8.66. The molecule has 0 atom stereocenters. The molecule has 3 nitrogen and oxygen atoms in total. The fraction of sp³-hybridized carbons (Fsp3) is 0.381. The maximum absolute atomic E-state index is 12.4. The number of likely N-dealkylation sites (tertiary alicyclic amines) is 1. The third-order valence-electron chi connectivity index (χ3n) is 4.66. The second-order valence-corrected chi connectivity index (χ2v) is 6.68. The van der Waals surface area contributed by atoms with Gasteiger partial charge in [-0.05, 0) is 43.9 Å². The maximum atomic E-state index is 12.4. The van der Waals surface area contributed by atoms with Crippen LogP contribution in [-0.4, -0.2) is 30.1 Å². The molecule has 0 spiro atoms. The molecule has 1 aliphatic rings. The zero-order valence-electron chi connectivity index (χ0n) is 14.9. The van der Waals surface area contributed by atoms with Crippen molar-refractivity contribution >= 4 is 18.4 Å². The predicted molar refractivity (Wildman–Crippen MR) is 103 cm³/mol. The van der Waals surface area contributed by atoms with E-state index in [4.69, 9.17) is 4.74 Å². The van der Waals surface area contributed by atoms with Crippen LogP contribution in [0.3, 0.4) is 0 Å². The third-order valence-corrected chi connectivity index (χ3v) is 4.66. The Morgan fingerprint density at radius 2 is 1.76 bits per heavy atom. The number of hydrogen-bond acceptors (Lipinski definition) is 3. The van der Waals surface area contributed by atoms with E-state index in [0.717, 1.165) is 38.0 Å². The number of rotatable bonds is 4. The van der Waals surface area contributed by atoms with Gasteiger partial charge in [0, 0.05) is 19.6 Å². The van der Waals surface area contributed by atoms with Crippen molar-refractivity contribution in [2.45, 2.75) is 39.3 Å². The second kappa shape index (κ2) is 9.02. The summed E-state index contributed by atoms with van der Waals surface area (Å²) in [5.41, 5.74) is 4.18. The number of halogens is 1. The van der Waals surface area contributed by atoms with E-state index in [0.29, 0.717) is 5.56 Å². The minimum Gasteiger partial charge on any atom is -0.459 e. The van der Waals surface area contributed by atoms with Gasteiger partial charge >= 0.3 is 5.97 Å². The number of piperidine rings is 1. The molecule has 134 valence electrons. The number of carbonyl (C=O) groups excluding carboxylic acids is 1. The van der Waals surface area contributed by atoms with Crippen molar-refractivity contribution in [3.05, 3.63) is 70.8 Å². The fourth-order valence-electron chi connectivity index (χ4n) is 3.28. The fourth-order valence-corrected chi connectivity index (χ4v) is 3.28. The molecular formula is C21H26ClNO2. The van der Waals surface area contributed by atoms with E-state index in [1.54, 1.807) is 0 Å². The highest BCUT2D eigenvalue weighted by Gasteiger charge is 2.23. The van der Waals surface area contributed by atoms with E-state index < -0.39 is 0 Å². The minimum absolute atomic E-state index is 0. The molecule has 1 heterocycles. The summed E-state index contributed by atoms with van der Waals surface area (Å²) in [5.74, 6) is -0.186. The van der Waals surface area contributed by atoms with Crippen LogP contribution in [0.2, 0.25) is 0 Å². The van der Waals surface area contributed by atoms with E-state index in [9.17, 15) is 4.79 Å². The summed E-state index contributed by atoms with van der Waals surface area (Å²) in [5, 5.41) is 0. The van der Waals surface area contributed by atoms with Gasteiger partial charge in [-0.25, -0.2) is 4.79 Å². The van der Waals surface area contributed by atoms with Gasteiger partial charge in [0.1, 0.15) is 6.10 Å². The van der Waals surface area contributed by atoms with E-state index >= 15 is 0 Å². The summed E-state index contributed by atoms with van der Waals surface area (Å²) in [6.45, 7) is 6.91. The molecule has 1 fully saturated rings. The molecule has 4 heteroatoms. The minimum atomic E-state index is -0.186. The van der Waals surface area contributed by atoms with Gasteiger partial charge in [0.25, 0.3) is 0 Å². The second-order valence-electron chi connectivity index (χ2n) is 6.68. The number of nitrogens with zero attached hydrogens (tertiary/aromatic N) is 1. The van der Waals surface area contributed by atoms with Crippen molar-refractivity contribution in [1.82, 2.24) is 4.90 Å². The summed E-state index contributed by atoms with van der Waals surface area (Å²) in [4.78, 5) is 14.8. The molecule has 1 aliphatic heterocycles. The van der Waals surface area contributed by atoms with Crippen LogP contribution in [-0.2, 0) is 11.3 Å². The molecule has 3 rings (SSSR count). The molecule has 0 radical (unpaired) electrons. The lowest BCUT2D eigenvalue weighted by atomic mass is 10.0. The Morgan fingerprint density at radius 3 is 2.40 bits per heavy atom. The summed E-state index contributed by atoms with van der Waals surface area (Å²) in [7, 11) is 0. The number of esters is 1. The normalized spacial score (nSPS) is 15.4. The smallest absolute Gasteiger partial charge is 0.338 e. The lowest BCUT2D eigenvalue weighted by Gasteiger charge is -2.31. The Labute approximate surface area is 156 Å². The number of ether oxygens (including phenoxy) is 1. The van der Waals surface area contributed by atoms with Crippen LogP contribution in [0.5, 0.6) is 0 Å². The number of aryl methyl sites for hydroxylation is 2. The molecule has 0 amide bonds. The van der Waals surface area contributed by atoms with Crippen LogP contribution in [0.25, 0.3) is 0 Å². The van der Waals surface area contributed by atoms with Crippen molar-refractivity contribution in [3.63, 3.8) is 0 Å². The summed E-state index contributed by atoms with van der Waals surface area (Å²) < 4.78 is 5.73. The average Bonchev–Trinajstić information content (AvgIpc) is 2.57. The number of hydrogen-bond donors (Lipinski definition) is 0. The maximum Gasteiger partial charge on any atom is 0.338 e. The van der Waals surface area contributed by atoms with Gasteiger partial charge < -0.3 is 4.74 Å². The summed E-state index contributed by atoms with van der Waals surface area (Å²) in [6.07, 6.45) is 1.85. The standard InChI is InChI=1S/C21H25NO2.ClH/c1-16-8-9-20(17(2)14-16)21(23)24-19-10-12-22(13-11-19)15-18-6-4-3-5-7-18;/h3-9,14,19H,10-13,15H2,1-2H3;1H. The van der Waals surface area contributed by atoms with Crippen molar-refractivity contribution in [2.24, 2.45) is 0 Å². The van der Waals surface area contributed by atoms with Gasteiger partial charge in [0.2, 0.25) is 0 Å². The van der Waals surface area contributed by atoms with E-state index in [2.05, 4.69) is 29.2 Å². The lowest BCUT2D eigenvalue weighted by Crippen LogP contribution is -2.37. The van der Waals surface area contributed by atoms with Crippen molar-refractivity contribution in [1.29, 1.82) is 0 Å². The first-order chi connectivity index (χ1) is 11.6. The van der Waals surface area contributed by atoms with Crippen molar-refractivity contribution in [3.8, 4) is 0 Å². The number of carbonyl (C=O) groups is 1.